The largest absolute Gasteiger partial charge is 0.439 e. The van der Waals surface area contributed by atoms with Gasteiger partial charge in [0.05, 0.1) is 11.6 Å². The maximum absolute atomic E-state index is 5.73. The van der Waals surface area contributed by atoms with E-state index in [4.69, 9.17) is 16.3 Å². The van der Waals surface area contributed by atoms with Crippen molar-refractivity contribution in [1.82, 2.24) is 4.98 Å². The molecule has 2 rings (SSSR count). The van der Waals surface area contributed by atoms with Crippen LogP contribution in [0.5, 0.6) is 11.6 Å². The molecule has 17 heavy (non-hydrogen) atoms. The summed E-state index contributed by atoms with van der Waals surface area (Å²) in [5, 5.41) is 0. The van der Waals surface area contributed by atoms with Crippen LogP contribution in [0.15, 0.2) is 40.9 Å². The van der Waals surface area contributed by atoms with Crippen molar-refractivity contribution in [2.75, 3.05) is 0 Å². The average Bonchev–Trinajstić information content (AvgIpc) is 2.33. The molecule has 0 atom stereocenters. The van der Waals surface area contributed by atoms with E-state index in [1.807, 2.05) is 43.3 Å². The van der Waals surface area contributed by atoms with Crippen molar-refractivity contribution < 1.29 is 4.74 Å². The quantitative estimate of drug-likeness (QED) is 0.767. The second-order valence-corrected chi connectivity index (χ2v) is 4.80. The van der Waals surface area contributed by atoms with Gasteiger partial charge in [-0.25, -0.2) is 4.98 Å². The zero-order chi connectivity index (χ0) is 12.3. The van der Waals surface area contributed by atoms with Crippen LogP contribution >= 0.6 is 27.5 Å². The van der Waals surface area contributed by atoms with E-state index >= 15 is 0 Å². The van der Waals surface area contributed by atoms with Crippen molar-refractivity contribution >= 4 is 27.5 Å². The molecule has 2 nitrogen and oxygen atoms in total. The first-order valence-corrected chi connectivity index (χ1v) is 6.47. The van der Waals surface area contributed by atoms with Crippen LogP contribution in [0.3, 0.4) is 0 Å². The Kier molecular flexibility index (Phi) is 4.02. The van der Waals surface area contributed by atoms with Crippen molar-refractivity contribution in [3.8, 4) is 11.6 Å². The molecule has 0 radical (unpaired) electrons. The van der Waals surface area contributed by atoms with Gasteiger partial charge in [0, 0.05) is 10.5 Å². The number of rotatable bonds is 3. The standard InChI is InChI=1S/C13H11BrClNO/c1-9-7-10(14)5-6-12(9)17-13-4-2-3-11(8-15)16-13/h2-7H,8H2,1H3. The molecular formula is C13H11BrClNO. The van der Waals surface area contributed by atoms with Crippen LogP contribution in [0.2, 0.25) is 0 Å². The Hall–Kier alpha value is -1.06. The number of hydrogen-bond donors (Lipinski definition) is 0. The summed E-state index contributed by atoms with van der Waals surface area (Å²) in [6.45, 7) is 1.99. The van der Waals surface area contributed by atoms with E-state index in [1.54, 1.807) is 0 Å². The van der Waals surface area contributed by atoms with E-state index in [2.05, 4.69) is 20.9 Å². The van der Waals surface area contributed by atoms with Crippen LogP contribution in [0, 0.1) is 6.92 Å². The third kappa shape index (κ3) is 3.20. The molecule has 0 aliphatic carbocycles. The maximum Gasteiger partial charge on any atom is 0.219 e. The number of aromatic nitrogens is 1. The van der Waals surface area contributed by atoms with Gasteiger partial charge in [-0.2, -0.15) is 0 Å². The van der Waals surface area contributed by atoms with Crippen LogP contribution in [-0.2, 0) is 5.88 Å². The van der Waals surface area contributed by atoms with Crippen LogP contribution in [-0.4, -0.2) is 4.98 Å². The summed E-state index contributed by atoms with van der Waals surface area (Å²) < 4.78 is 6.75. The second kappa shape index (κ2) is 5.52. The third-order valence-corrected chi connectivity index (χ3v) is 3.04. The highest BCUT2D eigenvalue weighted by Gasteiger charge is 2.03. The Labute approximate surface area is 114 Å². The van der Waals surface area contributed by atoms with Gasteiger partial charge in [-0.1, -0.05) is 22.0 Å². The summed E-state index contributed by atoms with van der Waals surface area (Å²) >= 11 is 9.15. The van der Waals surface area contributed by atoms with Gasteiger partial charge in [-0.05, 0) is 36.8 Å². The van der Waals surface area contributed by atoms with Crippen molar-refractivity contribution in [1.29, 1.82) is 0 Å². The molecule has 0 saturated heterocycles. The minimum atomic E-state index is 0.385. The van der Waals surface area contributed by atoms with Crippen molar-refractivity contribution in [2.45, 2.75) is 12.8 Å². The van der Waals surface area contributed by atoms with Crippen molar-refractivity contribution in [3.63, 3.8) is 0 Å². The Morgan fingerprint density at radius 3 is 2.82 bits per heavy atom. The molecular weight excluding hydrogens is 302 g/mol. The monoisotopic (exact) mass is 311 g/mol. The van der Waals surface area contributed by atoms with E-state index in [-0.39, 0.29) is 0 Å². The number of nitrogens with zero attached hydrogens (tertiary/aromatic N) is 1. The predicted octanol–water partition coefficient (Wildman–Crippen LogP) is 4.68. The molecule has 0 fully saturated rings. The van der Waals surface area contributed by atoms with Crippen LogP contribution in [0.1, 0.15) is 11.3 Å². The zero-order valence-corrected chi connectivity index (χ0v) is 11.6. The Balaban J connectivity index is 2.25. The molecule has 1 aromatic carbocycles. The summed E-state index contributed by atoms with van der Waals surface area (Å²) in [6, 6.07) is 11.4. The molecule has 0 aliphatic rings. The number of hydrogen-bond acceptors (Lipinski definition) is 2. The molecule has 0 aliphatic heterocycles. The highest BCUT2D eigenvalue weighted by Crippen LogP contribution is 2.26. The zero-order valence-electron chi connectivity index (χ0n) is 9.28. The first-order valence-electron chi connectivity index (χ1n) is 5.15. The molecule has 1 heterocycles. The van der Waals surface area contributed by atoms with Crippen molar-refractivity contribution in [3.05, 3.63) is 52.1 Å². The summed E-state index contributed by atoms with van der Waals surface area (Å²) in [7, 11) is 0. The third-order valence-electron chi connectivity index (χ3n) is 2.27. The van der Waals surface area contributed by atoms with Gasteiger partial charge >= 0.3 is 0 Å². The van der Waals surface area contributed by atoms with Gasteiger partial charge in [0.2, 0.25) is 5.88 Å². The van der Waals surface area contributed by atoms with E-state index in [0.717, 1.165) is 21.5 Å². The molecule has 2 aromatic rings. The lowest BCUT2D eigenvalue weighted by molar-refractivity contribution is 0.458. The van der Waals surface area contributed by atoms with E-state index in [1.165, 1.54) is 0 Å². The summed E-state index contributed by atoms with van der Waals surface area (Å²) in [5.74, 6) is 1.75. The fourth-order valence-electron chi connectivity index (χ4n) is 1.43. The van der Waals surface area contributed by atoms with Gasteiger partial charge in [-0.3, -0.25) is 0 Å². The minimum absolute atomic E-state index is 0.385. The number of benzene rings is 1. The molecule has 0 spiro atoms. The Morgan fingerprint density at radius 1 is 1.29 bits per heavy atom. The highest BCUT2D eigenvalue weighted by atomic mass is 79.9. The van der Waals surface area contributed by atoms with E-state index in [0.29, 0.717) is 11.8 Å². The first-order chi connectivity index (χ1) is 8.19. The Morgan fingerprint density at radius 2 is 2.12 bits per heavy atom. The van der Waals surface area contributed by atoms with Crippen LogP contribution in [0.4, 0.5) is 0 Å². The molecule has 4 heteroatoms. The van der Waals surface area contributed by atoms with E-state index in [9.17, 15) is 0 Å². The van der Waals surface area contributed by atoms with Gasteiger partial charge in [0.15, 0.2) is 0 Å². The lowest BCUT2D eigenvalue weighted by atomic mass is 10.2. The minimum Gasteiger partial charge on any atom is -0.439 e. The number of halogens is 2. The van der Waals surface area contributed by atoms with Gasteiger partial charge in [-0.15, -0.1) is 11.6 Å². The van der Waals surface area contributed by atoms with E-state index < -0.39 is 0 Å². The average molecular weight is 313 g/mol. The SMILES string of the molecule is Cc1cc(Br)ccc1Oc1cccc(CCl)n1. The number of aryl methyl sites for hydroxylation is 1. The van der Waals surface area contributed by atoms with Crippen LogP contribution in [0.25, 0.3) is 0 Å². The van der Waals surface area contributed by atoms with Crippen LogP contribution < -0.4 is 4.74 Å². The topological polar surface area (TPSA) is 22.1 Å². The number of pyridine rings is 1. The van der Waals surface area contributed by atoms with Gasteiger partial charge in [0.25, 0.3) is 0 Å². The number of alkyl halides is 1. The first kappa shape index (κ1) is 12.4. The maximum atomic E-state index is 5.73. The predicted molar refractivity (Wildman–Crippen MR) is 72.7 cm³/mol. The molecule has 1 aromatic heterocycles. The van der Waals surface area contributed by atoms with Gasteiger partial charge < -0.3 is 4.74 Å². The Bertz CT molecular complexity index is 531. The number of ether oxygens (including phenoxy) is 1. The fourth-order valence-corrected chi connectivity index (χ4v) is 2.05. The summed E-state index contributed by atoms with van der Waals surface area (Å²) in [5.41, 5.74) is 1.86. The summed E-state index contributed by atoms with van der Waals surface area (Å²) in [6.07, 6.45) is 0. The second-order valence-electron chi connectivity index (χ2n) is 3.61. The molecule has 0 amide bonds. The molecule has 0 saturated carbocycles. The molecule has 0 N–H and O–H groups in total. The lowest BCUT2D eigenvalue weighted by Crippen LogP contribution is -1.92. The van der Waals surface area contributed by atoms with Gasteiger partial charge in [0.1, 0.15) is 5.75 Å². The molecule has 0 bridgehead atoms. The molecule has 88 valence electrons. The highest BCUT2D eigenvalue weighted by molar-refractivity contribution is 9.10. The normalized spacial score (nSPS) is 10.3. The lowest BCUT2D eigenvalue weighted by Gasteiger charge is -2.08. The van der Waals surface area contributed by atoms with Crippen molar-refractivity contribution in [2.24, 2.45) is 0 Å². The summed E-state index contributed by atoms with van der Waals surface area (Å²) in [4.78, 5) is 4.28. The smallest absolute Gasteiger partial charge is 0.219 e. The fraction of sp³-hybridized carbons (Fsp3) is 0.154. The molecule has 0 unspecified atom stereocenters.